The Kier molecular flexibility index (Phi) is 5.18. The van der Waals surface area contributed by atoms with Crippen molar-refractivity contribution >= 4 is 46.7 Å². The number of thioether (sulfide) groups is 1. The van der Waals surface area contributed by atoms with Crippen LogP contribution in [0.3, 0.4) is 0 Å². The van der Waals surface area contributed by atoms with E-state index in [-0.39, 0.29) is 5.91 Å². The van der Waals surface area contributed by atoms with Crippen molar-refractivity contribution < 1.29 is 4.79 Å². The van der Waals surface area contributed by atoms with Crippen LogP contribution < -0.4 is 5.32 Å². The van der Waals surface area contributed by atoms with Crippen molar-refractivity contribution in [3.8, 4) is 0 Å². The zero-order valence-electron chi connectivity index (χ0n) is 10.2. The summed E-state index contributed by atoms with van der Waals surface area (Å²) in [5.41, 5.74) is 2.60. The Balaban J connectivity index is 1.77. The number of amides is 1. The molecule has 2 aromatic rings. The number of carbonyl (C=O) groups is 1. The standard InChI is InChI=1S/C12H12ClN3OS2/c1-8-11(16-19-15-8)6-18-7-12(17)14-10-4-2-3-9(13)5-10/h2-5H,6-7H2,1H3,(H,14,17). The van der Waals surface area contributed by atoms with Crippen LogP contribution in [0, 0.1) is 6.92 Å². The zero-order valence-corrected chi connectivity index (χ0v) is 12.6. The number of rotatable bonds is 5. The highest BCUT2D eigenvalue weighted by molar-refractivity contribution is 7.99. The molecule has 0 spiro atoms. The van der Waals surface area contributed by atoms with Crippen LogP contribution in [-0.2, 0) is 10.5 Å². The van der Waals surface area contributed by atoms with Gasteiger partial charge in [0.25, 0.3) is 0 Å². The van der Waals surface area contributed by atoms with E-state index in [4.69, 9.17) is 11.6 Å². The maximum absolute atomic E-state index is 11.7. The van der Waals surface area contributed by atoms with Crippen LogP contribution in [0.15, 0.2) is 24.3 Å². The number of anilines is 1. The summed E-state index contributed by atoms with van der Waals surface area (Å²) in [5, 5.41) is 3.41. The lowest BCUT2D eigenvalue weighted by molar-refractivity contribution is -0.113. The Bertz CT molecular complexity index is 574. The topological polar surface area (TPSA) is 54.9 Å². The quantitative estimate of drug-likeness (QED) is 0.919. The lowest BCUT2D eigenvalue weighted by Gasteiger charge is -2.05. The van der Waals surface area contributed by atoms with E-state index in [1.54, 1.807) is 18.2 Å². The number of carbonyl (C=O) groups excluding carboxylic acids is 1. The molecule has 0 radical (unpaired) electrons. The van der Waals surface area contributed by atoms with Crippen LogP contribution in [0.4, 0.5) is 5.69 Å². The van der Waals surface area contributed by atoms with Gasteiger partial charge in [0, 0.05) is 16.5 Å². The Morgan fingerprint density at radius 3 is 3.00 bits per heavy atom. The summed E-state index contributed by atoms with van der Waals surface area (Å²) in [6.45, 7) is 1.92. The number of benzene rings is 1. The molecule has 7 heteroatoms. The maximum Gasteiger partial charge on any atom is 0.234 e. The number of nitrogens with one attached hydrogen (secondary N) is 1. The van der Waals surface area contributed by atoms with E-state index >= 15 is 0 Å². The zero-order chi connectivity index (χ0) is 13.7. The molecule has 1 N–H and O–H groups in total. The van der Waals surface area contributed by atoms with Gasteiger partial charge in [-0.3, -0.25) is 4.79 Å². The number of nitrogens with zero attached hydrogens (tertiary/aromatic N) is 2. The molecule has 0 aliphatic carbocycles. The molecule has 2 rings (SSSR count). The summed E-state index contributed by atoms with van der Waals surface area (Å²) >= 11 is 8.56. The van der Waals surface area contributed by atoms with Crippen molar-refractivity contribution in [3.05, 3.63) is 40.7 Å². The first-order valence-electron chi connectivity index (χ1n) is 5.56. The molecular weight excluding hydrogens is 302 g/mol. The molecule has 0 bridgehead atoms. The van der Waals surface area contributed by atoms with E-state index in [0.29, 0.717) is 22.2 Å². The van der Waals surface area contributed by atoms with Gasteiger partial charge in [-0.2, -0.15) is 8.75 Å². The van der Waals surface area contributed by atoms with Gasteiger partial charge in [-0.05, 0) is 25.1 Å². The van der Waals surface area contributed by atoms with Gasteiger partial charge in [0.15, 0.2) is 0 Å². The van der Waals surface area contributed by atoms with Gasteiger partial charge in [-0.15, -0.1) is 11.8 Å². The molecule has 0 saturated carbocycles. The molecule has 100 valence electrons. The largest absolute Gasteiger partial charge is 0.325 e. The lowest BCUT2D eigenvalue weighted by atomic mass is 10.3. The second-order valence-electron chi connectivity index (χ2n) is 3.85. The second kappa shape index (κ2) is 6.88. The fourth-order valence-electron chi connectivity index (χ4n) is 1.38. The highest BCUT2D eigenvalue weighted by atomic mass is 35.5. The van der Waals surface area contributed by atoms with Gasteiger partial charge in [0.1, 0.15) is 0 Å². The van der Waals surface area contributed by atoms with Crippen molar-refractivity contribution in [3.63, 3.8) is 0 Å². The average Bonchev–Trinajstić information content (AvgIpc) is 2.75. The number of hydrogen-bond acceptors (Lipinski definition) is 5. The minimum Gasteiger partial charge on any atom is -0.325 e. The average molecular weight is 314 g/mol. The molecule has 19 heavy (non-hydrogen) atoms. The molecule has 1 aromatic heterocycles. The number of aromatic nitrogens is 2. The monoisotopic (exact) mass is 313 g/mol. The first-order valence-corrected chi connectivity index (χ1v) is 7.82. The third kappa shape index (κ3) is 4.49. The lowest BCUT2D eigenvalue weighted by Crippen LogP contribution is -2.14. The predicted molar refractivity (Wildman–Crippen MR) is 80.9 cm³/mol. The van der Waals surface area contributed by atoms with Gasteiger partial charge in [-0.1, -0.05) is 17.7 Å². The van der Waals surface area contributed by atoms with Crippen molar-refractivity contribution in [2.45, 2.75) is 12.7 Å². The summed E-state index contributed by atoms with van der Waals surface area (Å²) in [6.07, 6.45) is 0. The summed E-state index contributed by atoms with van der Waals surface area (Å²) in [5.74, 6) is 1.03. The molecule has 0 aliphatic rings. The SMILES string of the molecule is Cc1nsnc1CSCC(=O)Nc1cccc(Cl)c1. The summed E-state index contributed by atoms with van der Waals surface area (Å²) in [7, 11) is 0. The first-order chi connectivity index (χ1) is 9.15. The van der Waals surface area contributed by atoms with Crippen molar-refractivity contribution in [1.29, 1.82) is 0 Å². The van der Waals surface area contributed by atoms with E-state index in [9.17, 15) is 4.79 Å². The molecule has 0 fully saturated rings. The van der Waals surface area contributed by atoms with Gasteiger partial charge in [0.2, 0.25) is 5.91 Å². The summed E-state index contributed by atoms with van der Waals surface area (Å²) in [4.78, 5) is 11.7. The third-order valence-electron chi connectivity index (χ3n) is 2.33. The van der Waals surface area contributed by atoms with Gasteiger partial charge in [0.05, 0.1) is 28.9 Å². The Morgan fingerprint density at radius 1 is 1.47 bits per heavy atom. The van der Waals surface area contributed by atoms with E-state index in [1.807, 2.05) is 13.0 Å². The van der Waals surface area contributed by atoms with Crippen molar-refractivity contribution in [1.82, 2.24) is 8.75 Å². The predicted octanol–water partition coefficient (Wildman–Crippen LogP) is 3.37. The molecule has 4 nitrogen and oxygen atoms in total. The van der Waals surface area contributed by atoms with Crippen LogP contribution >= 0.6 is 35.1 Å². The number of halogens is 1. The Labute approximate surface area is 124 Å². The smallest absolute Gasteiger partial charge is 0.234 e. The van der Waals surface area contributed by atoms with Crippen LogP contribution in [0.2, 0.25) is 5.02 Å². The maximum atomic E-state index is 11.7. The van der Waals surface area contributed by atoms with E-state index in [1.165, 1.54) is 23.5 Å². The molecule has 0 saturated heterocycles. The van der Waals surface area contributed by atoms with Crippen LogP contribution in [-0.4, -0.2) is 20.4 Å². The van der Waals surface area contributed by atoms with E-state index in [0.717, 1.165) is 11.4 Å². The highest BCUT2D eigenvalue weighted by Crippen LogP contribution is 2.17. The number of hydrogen-bond donors (Lipinski definition) is 1. The first kappa shape index (κ1) is 14.3. The summed E-state index contributed by atoms with van der Waals surface area (Å²) in [6, 6.07) is 7.10. The molecule has 1 amide bonds. The molecule has 1 heterocycles. The molecule has 1 aromatic carbocycles. The fraction of sp³-hybridized carbons (Fsp3) is 0.250. The summed E-state index contributed by atoms with van der Waals surface area (Å²) < 4.78 is 8.26. The second-order valence-corrected chi connectivity index (χ2v) is 5.80. The molecule has 0 atom stereocenters. The third-order valence-corrected chi connectivity index (χ3v) is 4.16. The molecule has 0 unspecified atom stereocenters. The van der Waals surface area contributed by atoms with E-state index < -0.39 is 0 Å². The molecular formula is C12H12ClN3OS2. The van der Waals surface area contributed by atoms with Crippen LogP contribution in [0.25, 0.3) is 0 Å². The van der Waals surface area contributed by atoms with Gasteiger partial charge >= 0.3 is 0 Å². The van der Waals surface area contributed by atoms with E-state index in [2.05, 4.69) is 14.1 Å². The van der Waals surface area contributed by atoms with Crippen molar-refractivity contribution in [2.24, 2.45) is 0 Å². The van der Waals surface area contributed by atoms with Gasteiger partial charge < -0.3 is 5.32 Å². The minimum absolute atomic E-state index is 0.0480. The van der Waals surface area contributed by atoms with Crippen LogP contribution in [0.5, 0.6) is 0 Å². The van der Waals surface area contributed by atoms with Crippen molar-refractivity contribution in [2.75, 3.05) is 11.1 Å². The minimum atomic E-state index is -0.0480. The Hall–Kier alpha value is -1.11. The van der Waals surface area contributed by atoms with Gasteiger partial charge in [-0.25, -0.2) is 0 Å². The normalized spacial score (nSPS) is 10.4. The Morgan fingerprint density at radius 2 is 2.32 bits per heavy atom. The fourth-order valence-corrected chi connectivity index (χ4v) is 3.05. The highest BCUT2D eigenvalue weighted by Gasteiger charge is 2.06. The molecule has 0 aliphatic heterocycles. The number of aryl methyl sites for hydroxylation is 1. The van der Waals surface area contributed by atoms with Crippen LogP contribution in [0.1, 0.15) is 11.4 Å².